The molecule has 0 unspecified atom stereocenters. The van der Waals surface area contributed by atoms with Gasteiger partial charge in [-0.1, -0.05) is 12.1 Å². The van der Waals surface area contributed by atoms with Crippen LogP contribution in [-0.2, 0) is 11.3 Å². The molecule has 3 aromatic rings. The van der Waals surface area contributed by atoms with Crippen molar-refractivity contribution >= 4 is 28.5 Å². The van der Waals surface area contributed by atoms with E-state index in [-0.39, 0.29) is 11.3 Å². The molecule has 7 heteroatoms. The predicted octanol–water partition coefficient (Wildman–Crippen LogP) is 2.77. The van der Waals surface area contributed by atoms with Crippen molar-refractivity contribution in [3.8, 4) is 5.75 Å². The topological polar surface area (TPSA) is 97.6 Å². The number of amides is 1. The number of pyridine rings is 1. The molecule has 0 saturated carbocycles. The molecule has 0 aliphatic rings. The lowest BCUT2D eigenvalue weighted by Gasteiger charge is -2.13. The Labute approximate surface area is 154 Å². The summed E-state index contributed by atoms with van der Waals surface area (Å²) in [6.07, 6.45) is 0. The number of aromatic nitrogens is 1. The highest BCUT2D eigenvalue weighted by atomic mass is 16.5. The zero-order valence-corrected chi connectivity index (χ0v) is 14.9. The molecule has 0 spiro atoms. The van der Waals surface area contributed by atoms with E-state index in [2.05, 4.69) is 10.1 Å². The van der Waals surface area contributed by atoms with Gasteiger partial charge in [0.05, 0.1) is 18.2 Å². The van der Waals surface area contributed by atoms with Crippen molar-refractivity contribution < 1.29 is 19.4 Å². The largest absolute Gasteiger partial charge is 0.506 e. The second-order valence-corrected chi connectivity index (χ2v) is 5.81. The Morgan fingerprint density at radius 3 is 2.41 bits per heavy atom. The molecule has 3 rings (SSSR count). The van der Waals surface area contributed by atoms with Crippen molar-refractivity contribution in [3.63, 3.8) is 0 Å². The Balaban J connectivity index is 2.01. The summed E-state index contributed by atoms with van der Waals surface area (Å²) >= 11 is 0. The summed E-state index contributed by atoms with van der Waals surface area (Å²) in [5, 5.41) is 13.5. The third kappa shape index (κ3) is 3.27. The van der Waals surface area contributed by atoms with E-state index >= 15 is 0 Å². The molecule has 27 heavy (non-hydrogen) atoms. The Bertz CT molecular complexity index is 1080. The number of anilines is 1. The summed E-state index contributed by atoms with van der Waals surface area (Å²) in [4.78, 5) is 36.9. The number of nitrogens with zero attached hydrogens (tertiary/aromatic N) is 1. The van der Waals surface area contributed by atoms with Crippen molar-refractivity contribution in [2.24, 2.45) is 0 Å². The number of benzene rings is 2. The number of para-hydroxylation sites is 1. The second kappa shape index (κ2) is 7.33. The standard InChI is InChI=1S/C20H18N2O5/c1-3-22-15-7-5-4-6-14(15)17(23)16(19(22)25)18(24)21-13-10-8-12(9-11-13)20(26)27-2/h4-11,23H,3H2,1-2H3,(H,21,24). The van der Waals surface area contributed by atoms with Crippen LogP contribution in [0.4, 0.5) is 5.69 Å². The van der Waals surface area contributed by atoms with Crippen molar-refractivity contribution in [1.29, 1.82) is 0 Å². The first-order valence-electron chi connectivity index (χ1n) is 8.32. The van der Waals surface area contributed by atoms with E-state index in [1.54, 1.807) is 31.2 Å². The second-order valence-electron chi connectivity index (χ2n) is 5.81. The number of nitrogens with one attached hydrogen (secondary N) is 1. The molecule has 0 atom stereocenters. The van der Waals surface area contributed by atoms with Gasteiger partial charge in [-0.25, -0.2) is 4.79 Å². The Morgan fingerprint density at radius 1 is 1.11 bits per heavy atom. The number of carbonyl (C=O) groups is 2. The number of fused-ring (bicyclic) bond motifs is 1. The highest BCUT2D eigenvalue weighted by Crippen LogP contribution is 2.26. The van der Waals surface area contributed by atoms with Crippen LogP contribution in [0.25, 0.3) is 10.9 Å². The summed E-state index contributed by atoms with van der Waals surface area (Å²) in [5.74, 6) is -1.58. The molecule has 0 saturated heterocycles. The van der Waals surface area contributed by atoms with Crippen molar-refractivity contribution in [2.45, 2.75) is 13.5 Å². The molecule has 0 aliphatic carbocycles. The number of ether oxygens (including phenoxy) is 1. The number of rotatable bonds is 4. The van der Waals surface area contributed by atoms with Crippen molar-refractivity contribution in [1.82, 2.24) is 4.57 Å². The highest BCUT2D eigenvalue weighted by molar-refractivity contribution is 6.09. The smallest absolute Gasteiger partial charge is 0.337 e. The summed E-state index contributed by atoms with van der Waals surface area (Å²) in [5.41, 5.74) is 0.367. The van der Waals surface area contributed by atoms with Crippen LogP contribution in [0.5, 0.6) is 5.75 Å². The van der Waals surface area contributed by atoms with Crippen LogP contribution in [0.2, 0.25) is 0 Å². The number of carbonyl (C=O) groups excluding carboxylic acids is 2. The maximum Gasteiger partial charge on any atom is 0.337 e. The minimum absolute atomic E-state index is 0.326. The normalized spacial score (nSPS) is 10.6. The molecular formula is C20H18N2O5. The maximum absolute atomic E-state index is 12.7. The van der Waals surface area contributed by atoms with Gasteiger partial charge in [-0.3, -0.25) is 9.59 Å². The monoisotopic (exact) mass is 366 g/mol. The van der Waals surface area contributed by atoms with E-state index in [9.17, 15) is 19.5 Å². The number of esters is 1. The highest BCUT2D eigenvalue weighted by Gasteiger charge is 2.21. The maximum atomic E-state index is 12.7. The van der Waals surface area contributed by atoms with E-state index in [1.165, 1.54) is 35.9 Å². The summed E-state index contributed by atoms with van der Waals surface area (Å²) in [6.45, 7) is 2.14. The van der Waals surface area contributed by atoms with Crippen LogP contribution < -0.4 is 10.9 Å². The first-order chi connectivity index (χ1) is 13.0. The van der Waals surface area contributed by atoms with E-state index in [4.69, 9.17) is 0 Å². The van der Waals surface area contributed by atoms with Crippen LogP contribution in [0.1, 0.15) is 27.6 Å². The Kier molecular flexibility index (Phi) is 4.94. The fourth-order valence-electron chi connectivity index (χ4n) is 2.91. The molecule has 138 valence electrons. The molecule has 1 aromatic heterocycles. The number of hydrogen-bond donors (Lipinski definition) is 2. The molecule has 0 fully saturated rings. The predicted molar refractivity (Wildman–Crippen MR) is 101 cm³/mol. The SMILES string of the molecule is CCn1c(=O)c(C(=O)Nc2ccc(C(=O)OC)cc2)c(O)c2ccccc21. The minimum atomic E-state index is -0.726. The lowest BCUT2D eigenvalue weighted by atomic mass is 10.1. The average molecular weight is 366 g/mol. The van der Waals surface area contributed by atoms with Gasteiger partial charge in [0.1, 0.15) is 11.3 Å². The zero-order chi connectivity index (χ0) is 19.6. The third-order valence-electron chi connectivity index (χ3n) is 4.25. The molecule has 2 N–H and O–H groups in total. The number of hydrogen-bond acceptors (Lipinski definition) is 5. The zero-order valence-electron chi connectivity index (χ0n) is 14.9. The van der Waals surface area contributed by atoms with Gasteiger partial charge >= 0.3 is 5.97 Å². The first-order valence-corrected chi connectivity index (χ1v) is 8.32. The van der Waals surface area contributed by atoms with Gasteiger partial charge in [-0.15, -0.1) is 0 Å². The van der Waals surface area contributed by atoms with Crippen molar-refractivity contribution in [2.75, 3.05) is 12.4 Å². The quantitative estimate of drug-likeness (QED) is 0.692. The minimum Gasteiger partial charge on any atom is -0.506 e. The molecule has 0 aliphatic heterocycles. The molecule has 7 nitrogen and oxygen atoms in total. The van der Waals surface area contributed by atoms with E-state index in [1.807, 2.05) is 0 Å². The number of aromatic hydroxyl groups is 1. The van der Waals surface area contributed by atoms with Crippen LogP contribution in [0.3, 0.4) is 0 Å². The Morgan fingerprint density at radius 2 is 1.78 bits per heavy atom. The molecule has 2 aromatic carbocycles. The third-order valence-corrected chi connectivity index (χ3v) is 4.25. The molecule has 0 radical (unpaired) electrons. The van der Waals surface area contributed by atoms with Gasteiger partial charge in [0.2, 0.25) is 0 Å². The lowest BCUT2D eigenvalue weighted by molar-refractivity contribution is 0.0600. The number of methoxy groups -OCH3 is 1. The van der Waals surface area contributed by atoms with Crippen LogP contribution >= 0.6 is 0 Å². The van der Waals surface area contributed by atoms with E-state index < -0.39 is 17.4 Å². The molecule has 1 heterocycles. The fraction of sp³-hybridized carbons (Fsp3) is 0.150. The molecule has 1 amide bonds. The van der Waals surface area contributed by atoms with Gasteiger partial charge < -0.3 is 19.7 Å². The summed E-state index contributed by atoms with van der Waals surface area (Å²) < 4.78 is 6.06. The van der Waals surface area contributed by atoms with E-state index in [0.29, 0.717) is 28.7 Å². The molecular weight excluding hydrogens is 348 g/mol. The average Bonchev–Trinajstić information content (AvgIpc) is 2.68. The number of aryl methyl sites for hydroxylation is 1. The Hall–Kier alpha value is -3.61. The van der Waals surface area contributed by atoms with Crippen LogP contribution in [0, 0.1) is 0 Å². The van der Waals surface area contributed by atoms with Crippen LogP contribution in [0.15, 0.2) is 53.3 Å². The first kappa shape index (κ1) is 18.2. The molecule has 0 bridgehead atoms. The summed E-state index contributed by atoms with van der Waals surface area (Å²) in [6, 6.07) is 12.9. The van der Waals surface area contributed by atoms with Gasteiger partial charge in [0.15, 0.2) is 0 Å². The lowest BCUT2D eigenvalue weighted by Crippen LogP contribution is -2.29. The van der Waals surface area contributed by atoms with Gasteiger partial charge in [-0.05, 0) is 43.3 Å². The van der Waals surface area contributed by atoms with Gasteiger partial charge in [0.25, 0.3) is 11.5 Å². The summed E-state index contributed by atoms with van der Waals surface area (Å²) in [7, 11) is 1.28. The van der Waals surface area contributed by atoms with E-state index in [0.717, 1.165) is 0 Å². The van der Waals surface area contributed by atoms with Gasteiger partial charge in [-0.2, -0.15) is 0 Å². The van der Waals surface area contributed by atoms with Crippen molar-refractivity contribution in [3.05, 3.63) is 70.0 Å². The van der Waals surface area contributed by atoms with Crippen LogP contribution in [-0.4, -0.2) is 28.7 Å². The van der Waals surface area contributed by atoms with Gasteiger partial charge in [0, 0.05) is 17.6 Å². The fourth-order valence-corrected chi connectivity index (χ4v) is 2.91.